The molecular weight excluding hydrogens is 271 g/mol. The van der Waals surface area contributed by atoms with E-state index in [4.69, 9.17) is 0 Å². The molecule has 0 spiro atoms. The van der Waals surface area contributed by atoms with Gasteiger partial charge >= 0.3 is 83.5 Å². The molecule has 2 aliphatic heterocycles. The molecule has 0 aliphatic carbocycles. The summed E-state index contributed by atoms with van der Waals surface area (Å²) in [5.41, 5.74) is 0. The van der Waals surface area contributed by atoms with Gasteiger partial charge in [-0.3, -0.25) is 0 Å². The van der Waals surface area contributed by atoms with E-state index in [2.05, 4.69) is 16.7 Å². The van der Waals surface area contributed by atoms with Crippen molar-refractivity contribution in [1.82, 2.24) is 4.90 Å². The second kappa shape index (κ2) is 4.30. The molecular formula is C7H15IN2S. The van der Waals surface area contributed by atoms with Gasteiger partial charge in [0.25, 0.3) is 0 Å². The van der Waals surface area contributed by atoms with Crippen LogP contribution in [0, 0.1) is 0 Å². The molecule has 0 bridgehead atoms. The van der Waals surface area contributed by atoms with Gasteiger partial charge in [-0.05, 0) is 0 Å². The van der Waals surface area contributed by atoms with Crippen molar-refractivity contribution in [3.8, 4) is 0 Å². The zero-order valence-corrected chi connectivity index (χ0v) is 9.66. The molecule has 2 heterocycles. The maximum atomic E-state index is 2.66. The Bertz CT molecular complexity index is 124. The third-order valence-electron chi connectivity index (χ3n) is 1.96. The number of hydrogen-bond donors (Lipinski definition) is 1. The minimum absolute atomic E-state index is 0.484. The monoisotopic (exact) mass is 286 g/mol. The van der Waals surface area contributed by atoms with Gasteiger partial charge in [-0.15, -0.1) is 0 Å². The van der Waals surface area contributed by atoms with Crippen LogP contribution in [0.5, 0.6) is 0 Å². The van der Waals surface area contributed by atoms with Crippen LogP contribution < -0.4 is 24.6 Å². The van der Waals surface area contributed by atoms with E-state index in [1.807, 2.05) is 3.11 Å². The van der Waals surface area contributed by atoms with Crippen LogP contribution in [-0.4, -0.2) is 47.1 Å². The van der Waals surface area contributed by atoms with E-state index in [0.29, 0.717) is 21.5 Å². The van der Waals surface area contributed by atoms with Gasteiger partial charge in [0.2, 0.25) is 0 Å². The maximum absolute atomic E-state index is 2.66. The standard InChI is InChI=1S/C7H15IN2S/c1-2-10(1)8-7-9-3-5-11-6-4-9/h10H,1-7H2. The Morgan fingerprint density at radius 3 is 2.64 bits per heavy atom. The van der Waals surface area contributed by atoms with Crippen molar-refractivity contribution in [2.45, 2.75) is 0 Å². The number of thioether (sulfide) groups is 1. The number of quaternary nitrogens is 1. The van der Waals surface area contributed by atoms with Crippen molar-refractivity contribution in [3.63, 3.8) is 0 Å². The van der Waals surface area contributed by atoms with Crippen LogP contribution in [0.4, 0.5) is 0 Å². The predicted molar refractivity (Wildman–Crippen MR) is 44.5 cm³/mol. The Morgan fingerprint density at radius 1 is 1.27 bits per heavy atom. The van der Waals surface area contributed by atoms with Gasteiger partial charge in [-0.1, -0.05) is 0 Å². The third-order valence-corrected chi connectivity index (χ3v) is 6.37. The van der Waals surface area contributed by atoms with Crippen LogP contribution in [0.15, 0.2) is 0 Å². The molecule has 0 unspecified atom stereocenters. The Hall–Kier alpha value is 1.000. The van der Waals surface area contributed by atoms with Gasteiger partial charge in [0.1, 0.15) is 0 Å². The normalized spacial score (nSPS) is 27.6. The predicted octanol–water partition coefficient (Wildman–Crippen LogP) is -4.10. The molecule has 11 heavy (non-hydrogen) atoms. The van der Waals surface area contributed by atoms with Crippen LogP contribution in [-0.2, 0) is 0 Å². The minimum atomic E-state index is 0.484. The van der Waals surface area contributed by atoms with Crippen molar-refractivity contribution in [2.24, 2.45) is 0 Å². The molecule has 0 aromatic heterocycles. The third kappa shape index (κ3) is 3.08. The molecule has 2 fully saturated rings. The summed E-state index contributed by atoms with van der Waals surface area (Å²) in [7, 11) is 0. The first kappa shape index (κ1) is 8.59. The average molecular weight is 286 g/mol. The molecule has 0 aromatic rings. The van der Waals surface area contributed by atoms with E-state index < -0.39 is 0 Å². The molecule has 2 nitrogen and oxygen atoms in total. The first-order chi connectivity index (χ1) is 5.45. The van der Waals surface area contributed by atoms with Crippen molar-refractivity contribution in [3.05, 3.63) is 0 Å². The zero-order valence-electron chi connectivity index (χ0n) is 6.68. The van der Waals surface area contributed by atoms with Gasteiger partial charge in [-0.25, -0.2) is 0 Å². The number of nitrogens with one attached hydrogen (secondary N) is 1. The van der Waals surface area contributed by atoms with Crippen molar-refractivity contribution < 1.29 is 24.6 Å². The van der Waals surface area contributed by atoms with E-state index in [0.717, 1.165) is 0 Å². The SMILES string of the molecule is C1CN(C[I-][NH+]2CC2)CCS1. The van der Waals surface area contributed by atoms with Crippen molar-refractivity contribution in [1.29, 1.82) is 0 Å². The molecule has 0 amide bonds. The second-order valence-corrected chi connectivity index (χ2v) is 7.20. The molecule has 2 aliphatic rings. The average Bonchev–Trinajstić information content (AvgIpc) is 2.86. The second-order valence-electron chi connectivity index (χ2n) is 3.00. The fourth-order valence-electron chi connectivity index (χ4n) is 1.07. The molecule has 0 radical (unpaired) electrons. The fourth-order valence-corrected chi connectivity index (χ4v) is 4.73. The molecule has 0 atom stereocenters. The summed E-state index contributed by atoms with van der Waals surface area (Å²) >= 11 is 2.60. The van der Waals surface area contributed by atoms with Gasteiger partial charge in [-0.2, -0.15) is 0 Å². The van der Waals surface area contributed by atoms with Crippen LogP contribution in [0.25, 0.3) is 0 Å². The van der Waals surface area contributed by atoms with Crippen LogP contribution in [0.2, 0.25) is 0 Å². The first-order valence-corrected chi connectivity index (χ1v) is 7.95. The van der Waals surface area contributed by atoms with Gasteiger partial charge in [0.05, 0.1) is 0 Å². The summed E-state index contributed by atoms with van der Waals surface area (Å²) < 4.78 is 3.37. The van der Waals surface area contributed by atoms with Crippen LogP contribution in [0.1, 0.15) is 0 Å². The topological polar surface area (TPSA) is 7.68 Å². The number of alkyl halides is 1. The number of halogens is 1. The quantitative estimate of drug-likeness (QED) is 0.185. The number of rotatable bonds is 3. The first-order valence-electron chi connectivity index (χ1n) is 4.19. The molecule has 66 valence electrons. The summed E-state index contributed by atoms with van der Waals surface area (Å²) in [4.78, 5) is 2.66. The Balaban J connectivity index is 1.59. The Labute approximate surface area is 83.3 Å². The van der Waals surface area contributed by atoms with Crippen molar-refractivity contribution >= 4 is 11.8 Å². The zero-order chi connectivity index (χ0) is 7.52. The van der Waals surface area contributed by atoms with Gasteiger partial charge in [0.15, 0.2) is 0 Å². The molecule has 1 N–H and O–H groups in total. The van der Waals surface area contributed by atoms with E-state index in [1.165, 1.54) is 42.2 Å². The van der Waals surface area contributed by atoms with E-state index in [9.17, 15) is 0 Å². The summed E-state index contributed by atoms with van der Waals surface area (Å²) in [5.74, 6) is 2.75. The van der Waals surface area contributed by atoms with Crippen LogP contribution >= 0.6 is 11.8 Å². The van der Waals surface area contributed by atoms with Gasteiger partial charge < -0.3 is 0 Å². The molecule has 0 aromatic carbocycles. The van der Waals surface area contributed by atoms with Crippen molar-refractivity contribution in [2.75, 3.05) is 42.2 Å². The molecule has 2 saturated heterocycles. The summed E-state index contributed by atoms with van der Waals surface area (Å²) in [5, 5.41) is 0. The Kier molecular flexibility index (Phi) is 3.36. The summed E-state index contributed by atoms with van der Waals surface area (Å²) in [6.07, 6.45) is 0. The van der Waals surface area contributed by atoms with Gasteiger partial charge in [0, 0.05) is 0 Å². The van der Waals surface area contributed by atoms with Crippen LogP contribution in [0.3, 0.4) is 0 Å². The molecule has 2 rings (SSSR count). The summed E-state index contributed by atoms with van der Waals surface area (Å²) in [6, 6.07) is 0. The molecule has 0 saturated carbocycles. The Morgan fingerprint density at radius 2 is 2.00 bits per heavy atom. The van der Waals surface area contributed by atoms with E-state index in [1.54, 1.807) is 0 Å². The molecule has 4 heteroatoms. The number of nitrogens with zero attached hydrogens (tertiary/aromatic N) is 1. The summed E-state index contributed by atoms with van der Waals surface area (Å²) in [6.45, 7) is 5.68. The van der Waals surface area contributed by atoms with E-state index >= 15 is 0 Å². The number of hydrogen-bond acceptors (Lipinski definition) is 2. The van der Waals surface area contributed by atoms with E-state index in [-0.39, 0.29) is 0 Å². The fraction of sp³-hybridized carbons (Fsp3) is 1.00.